The van der Waals surface area contributed by atoms with E-state index in [1.165, 1.54) is 24.6 Å². The molecule has 0 atom stereocenters. The summed E-state index contributed by atoms with van der Waals surface area (Å²) < 4.78 is 38.8. The van der Waals surface area contributed by atoms with Crippen LogP contribution in [0.3, 0.4) is 0 Å². The molecular weight excluding hydrogens is 388 g/mol. The molecule has 3 aromatic carbocycles. The molecule has 1 aliphatic heterocycles. The molecule has 0 fully saturated rings. The van der Waals surface area contributed by atoms with Crippen molar-refractivity contribution < 1.29 is 17.9 Å². The highest BCUT2D eigenvalue weighted by atomic mass is 32.2. The molecule has 0 aromatic heterocycles. The zero-order valence-corrected chi connectivity index (χ0v) is 17.1. The lowest BCUT2D eigenvalue weighted by atomic mass is 10.0. The third-order valence-electron chi connectivity index (χ3n) is 5.05. The van der Waals surface area contributed by atoms with Gasteiger partial charge in [0.2, 0.25) is 0 Å². The maximum atomic E-state index is 13.5. The monoisotopic (exact) mass is 410 g/mol. The molecule has 0 bridgehead atoms. The topological polar surface area (TPSA) is 68.2 Å². The summed E-state index contributed by atoms with van der Waals surface area (Å²) >= 11 is 0. The summed E-state index contributed by atoms with van der Waals surface area (Å²) in [7, 11) is -0.883. The van der Waals surface area contributed by atoms with Crippen molar-refractivity contribution in [1.82, 2.24) is 4.31 Å². The lowest BCUT2D eigenvalue weighted by Gasteiger charge is -2.22. The van der Waals surface area contributed by atoms with Crippen LogP contribution in [0.4, 0.5) is 0 Å². The Morgan fingerprint density at radius 3 is 2.59 bits per heavy atom. The van der Waals surface area contributed by atoms with Gasteiger partial charge in [-0.3, -0.25) is 9.30 Å². The Balaban J connectivity index is 1.71. The number of hydrogen-bond donors (Lipinski definition) is 0. The van der Waals surface area contributed by atoms with E-state index in [1.54, 1.807) is 12.1 Å². The van der Waals surface area contributed by atoms with Crippen LogP contribution in [0.25, 0.3) is 10.8 Å². The minimum Gasteiger partial charge on any atom is -0.497 e. The van der Waals surface area contributed by atoms with Gasteiger partial charge in [0, 0.05) is 12.5 Å². The molecule has 0 amide bonds. The number of hydrogen-bond acceptors (Lipinski definition) is 5. The molecule has 1 heterocycles. The molecule has 0 N–H and O–H groups in total. The van der Waals surface area contributed by atoms with Gasteiger partial charge in [-0.15, -0.1) is 0 Å². The fraction of sp³-hybridized carbons (Fsp3) is 0.227. The summed E-state index contributed by atoms with van der Waals surface area (Å²) in [4.78, 5) is 4.58. The predicted molar refractivity (Wildman–Crippen MR) is 113 cm³/mol. The molecule has 150 valence electrons. The fourth-order valence-corrected chi connectivity index (χ4v) is 5.23. The van der Waals surface area contributed by atoms with Crippen molar-refractivity contribution in [1.29, 1.82) is 0 Å². The van der Waals surface area contributed by atoms with Crippen LogP contribution in [0.15, 0.2) is 70.6 Å². The first kappa shape index (κ1) is 19.3. The lowest BCUT2D eigenvalue weighted by Crippen LogP contribution is -2.35. The van der Waals surface area contributed by atoms with Gasteiger partial charge in [0.15, 0.2) is 0 Å². The van der Waals surface area contributed by atoms with E-state index in [2.05, 4.69) is 4.99 Å². The quantitative estimate of drug-likeness (QED) is 0.624. The van der Waals surface area contributed by atoms with Gasteiger partial charge in [0.05, 0.1) is 27.3 Å². The normalized spacial score (nSPS) is 14.1. The van der Waals surface area contributed by atoms with Crippen LogP contribution in [0, 0.1) is 0 Å². The molecule has 4 rings (SSSR count). The summed E-state index contributed by atoms with van der Waals surface area (Å²) in [6.07, 6.45) is 0.437. The summed E-state index contributed by atoms with van der Waals surface area (Å²) in [5.41, 5.74) is 1.04. The van der Waals surface area contributed by atoms with E-state index in [-0.39, 0.29) is 10.6 Å². The van der Waals surface area contributed by atoms with Gasteiger partial charge in [0.1, 0.15) is 22.2 Å². The molecule has 3 aromatic rings. The second-order valence-electron chi connectivity index (χ2n) is 6.71. The van der Waals surface area contributed by atoms with E-state index >= 15 is 0 Å². The van der Waals surface area contributed by atoms with Gasteiger partial charge in [-0.05, 0) is 28.5 Å². The molecule has 1 aliphatic rings. The van der Waals surface area contributed by atoms with Crippen molar-refractivity contribution in [2.24, 2.45) is 4.99 Å². The molecule has 0 radical (unpaired) electrons. The molecule has 6 nitrogen and oxygen atoms in total. The minimum atomic E-state index is -3.84. The number of nitrogens with zero attached hydrogens (tertiary/aromatic N) is 2. The predicted octanol–water partition coefficient (Wildman–Crippen LogP) is 3.50. The second-order valence-corrected chi connectivity index (χ2v) is 8.54. The highest BCUT2D eigenvalue weighted by Crippen LogP contribution is 2.32. The maximum absolute atomic E-state index is 13.5. The Labute approximate surface area is 170 Å². The Bertz CT molecular complexity index is 1180. The highest BCUT2D eigenvalue weighted by Gasteiger charge is 2.33. The van der Waals surface area contributed by atoms with Crippen molar-refractivity contribution >= 4 is 26.6 Å². The van der Waals surface area contributed by atoms with Crippen LogP contribution in [-0.4, -0.2) is 45.9 Å². The summed E-state index contributed by atoms with van der Waals surface area (Å²) in [5, 5.41) is 2.22. The lowest BCUT2D eigenvalue weighted by molar-refractivity contribution is 0.390. The fourth-order valence-electron chi connectivity index (χ4n) is 3.60. The van der Waals surface area contributed by atoms with Crippen molar-refractivity contribution in [2.75, 3.05) is 27.3 Å². The number of rotatable bonds is 6. The number of ether oxygens (including phenoxy) is 2. The number of amidine groups is 1. The van der Waals surface area contributed by atoms with E-state index < -0.39 is 10.0 Å². The van der Waals surface area contributed by atoms with Crippen LogP contribution in [0.2, 0.25) is 0 Å². The first-order valence-electron chi connectivity index (χ1n) is 9.29. The SMILES string of the molecule is COc1ccc(OC)c(S(=O)(=O)N2CCN=C2Cc2cccc3ccccc23)c1. The Morgan fingerprint density at radius 1 is 1.00 bits per heavy atom. The van der Waals surface area contributed by atoms with E-state index in [4.69, 9.17) is 9.47 Å². The van der Waals surface area contributed by atoms with Gasteiger partial charge < -0.3 is 9.47 Å². The van der Waals surface area contributed by atoms with Gasteiger partial charge in [0.25, 0.3) is 10.0 Å². The molecule has 0 saturated carbocycles. The van der Waals surface area contributed by atoms with Crippen molar-refractivity contribution in [3.63, 3.8) is 0 Å². The number of sulfonamides is 1. The zero-order chi connectivity index (χ0) is 20.4. The van der Waals surface area contributed by atoms with E-state index in [0.29, 0.717) is 31.1 Å². The van der Waals surface area contributed by atoms with Gasteiger partial charge in [-0.25, -0.2) is 8.42 Å². The first-order chi connectivity index (χ1) is 14.0. The molecular formula is C22H22N2O4S. The van der Waals surface area contributed by atoms with Crippen molar-refractivity contribution in [3.05, 3.63) is 66.2 Å². The summed E-state index contributed by atoms with van der Waals surface area (Å²) in [6, 6.07) is 18.9. The minimum absolute atomic E-state index is 0.0758. The Kier molecular flexibility index (Phi) is 5.15. The number of aliphatic imine (C=N–C) groups is 1. The standard InChI is InChI=1S/C22H22N2O4S/c1-27-18-10-11-20(28-2)21(15-18)29(25,26)24-13-12-23-22(24)14-17-8-5-7-16-6-3-4-9-19(16)17/h3-11,15H,12-14H2,1-2H3. The maximum Gasteiger partial charge on any atom is 0.269 e. The van der Waals surface area contributed by atoms with Crippen LogP contribution in [-0.2, 0) is 16.4 Å². The van der Waals surface area contributed by atoms with Crippen molar-refractivity contribution in [2.45, 2.75) is 11.3 Å². The summed E-state index contributed by atoms with van der Waals surface area (Å²) in [5.74, 6) is 1.27. The average Bonchev–Trinajstić information content (AvgIpc) is 3.22. The number of methoxy groups -OCH3 is 2. The van der Waals surface area contributed by atoms with Crippen molar-refractivity contribution in [3.8, 4) is 11.5 Å². The Morgan fingerprint density at radius 2 is 1.79 bits per heavy atom. The number of benzene rings is 3. The molecule has 0 unspecified atom stereocenters. The van der Waals surface area contributed by atoms with E-state index in [0.717, 1.165) is 16.3 Å². The highest BCUT2D eigenvalue weighted by molar-refractivity contribution is 7.89. The van der Waals surface area contributed by atoms with Crippen LogP contribution < -0.4 is 9.47 Å². The molecule has 29 heavy (non-hydrogen) atoms. The third kappa shape index (κ3) is 3.53. The van der Waals surface area contributed by atoms with E-state index in [1.807, 2.05) is 42.5 Å². The molecule has 0 aliphatic carbocycles. The molecule has 0 spiro atoms. The number of fused-ring (bicyclic) bond motifs is 1. The van der Waals surface area contributed by atoms with E-state index in [9.17, 15) is 8.42 Å². The average molecular weight is 410 g/mol. The second kappa shape index (κ2) is 7.75. The van der Waals surface area contributed by atoms with Crippen LogP contribution in [0.5, 0.6) is 11.5 Å². The largest absolute Gasteiger partial charge is 0.497 e. The molecule has 7 heteroatoms. The third-order valence-corrected chi connectivity index (χ3v) is 6.90. The first-order valence-corrected chi connectivity index (χ1v) is 10.7. The van der Waals surface area contributed by atoms with Gasteiger partial charge in [-0.2, -0.15) is 0 Å². The van der Waals surface area contributed by atoms with Gasteiger partial charge in [-0.1, -0.05) is 42.5 Å². The van der Waals surface area contributed by atoms with Gasteiger partial charge >= 0.3 is 0 Å². The Hall–Kier alpha value is -3.06. The van der Waals surface area contributed by atoms with Crippen LogP contribution >= 0.6 is 0 Å². The smallest absolute Gasteiger partial charge is 0.269 e. The van der Waals surface area contributed by atoms with Crippen LogP contribution in [0.1, 0.15) is 5.56 Å². The summed E-state index contributed by atoms with van der Waals surface area (Å²) in [6.45, 7) is 0.744. The zero-order valence-electron chi connectivity index (χ0n) is 16.3. The molecule has 0 saturated heterocycles.